The van der Waals surface area contributed by atoms with Crippen LogP contribution in [0.4, 0.5) is 0 Å². The second-order valence-corrected chi connectivity index (χ2v) is 8.50. The zero-order valence-electron chi connectivity index (χ0n) is 17.4. The molecule has 2 aliphatic rings. The van der Waals surface area contributed by atoms with Crippen LogP contribution in [0.5, 0.6) is 5.88 Å². The Bertz CT molecular complexity index is 850. The van der Waals surface area contributed by atoms with E-state index >= 15 is 0 Å². The van der Waals surface area contributed by atoms with E-state index in [9.17, 15) is 4.79 Å². The summed E-state index contributed by atoms with van der Waals surface area (Å²) in [6, 6.07) is 9.80. The second-order valence-electron chi connectivity index (χ2n) is 8.50. The molecule has 2 aliphatic heterocycles. The summed E-state index contributed by atoms with van der Waals surface area (Å²) in [5.41, 5.74) is 3.03. The normalized spacial score (nSPS) is 22.6. The van der Waals surface area contributed by atoms with Gasteiger partial charge in [-0.15, -0.1) is 0 Å². The summed E-state index contributed by atoms with van der Waals surface area (Å²) >= 11 is 0. The molecule has 0 aromatic carbocycles. The first-order valence-electron chi connectivity index (χ1n) is 10.5. The number of piperidine rings is 2. The highest BCUT2D eigenvalue weighted by Crippen LogP contribution is 2.39. The molecule has 2 saturated heterocycles. The van der Waals surface area contributed by atoms with Gasteiger partial charge in [0.2, 0.25) is 5.88 Å². The zero-order valence-corrected chi connectivity index (χ0v) is 17.4. The summed E-state index contributed by atoms with van der Waals surface area (Å²) < 4.78 is 5.11. The molecule has 0 aliphatic carbocycles. The third-order valence-corrected chi connectivity index (χ3v) is 6.21. The fourth-order valence-corrected chi connectivity index (χ4v) is 4.89. The number of hydrogen-bond acceptors (Lipinski definition) is 5. The van der Waals surface area contributed by atoms with Crippen molar-refractivity contribution >= 4 is 5.91 Å². The van der Waals surface area contributed by atoms with Crippen molar-refractivity contribution < 1.29 is 9.53 Å². The van der Waals surface area contributed by atoms with Gasteiger partial charge in [0.25, 0.3) is 5.91 Å². The van der Waals surface area contributed by atoms with E-state index in [0.717, 1.165) is 50.5 Å². The molecule has 2 aromatic heterocycles. The van der Waals surface area contributed by atoms with Crippen molar-refractivity contribution in [1.29, 1.82) is 0 Å². The van der Waals surface area contributed by atoms with Crippen LogP contribution in [0.15, 0.2) is 36.5 Å². The number of carbonyl (C=O) groups excluding carboxylic acids is 1. The summed E-state index contributed by atoms with van der Waals surface area (Å²) in [6.07, 6.45) is 6.24. The molecule has 0 N–H and O–H groups in total. The molecule has 0 saturated carbocycles. The molecule has 2 fully saturated rings. The molecule has 29 heavy (non-hydrogen) atoms. The van der Waals surface area contributed by atoms with Crippen molar-refractivity contribution in [1.82, 2.24) is 19.8 Å². The number of carbonyl (C=O) groups is 1. The number of methoxy groups -OCH3 is 1. The second kappa shape index (κ2) is 8.49. The minimum atomic E-state index is 0.0803. The lowest BCUT2D eigenvalue weighted by Gasteiger charge is -2.48. The van der Waals surface area contributed by atoms with E-state index in [1.165, 1.54) is 19.3 Å². The van der Waals surface area contributed by atoms with Crippen molar-refractivity contribution in [2.45, 2.75) is 39.2 Å². The number of aromatic nitrogens is 2. The van der Waals surface area contributed by atoms with Gasteiger partial charge in [-0.1, -0.05) is 6.07 Å². The smallest absolute Gasteiger partial charge is 0.255 e. The quantitative estimate of drug-likeness (QED) is 0.796. The Morgan fingerprint density at radius 3 is 2.69 bits per heavy atom. The number of amides is 1. The molecule has 4 heterocycles. The first-order chi connectivity index (χ1) is 14.1. The van der Waals surface area contributed by atoms with Gasteiger partial charge in [0.1, 0.15) is 0 Å². The Morgan fingerprint density at radius 1 is 1.14 bits per heavy atom. The third kappa shape index (κ3) is 4.58. The van der Waals surface area contributed by atoms with Crippen LogP contribution in [0, 0.1) is 12.3 Å². The summed E-state index contributed by atoms with van der Waals surface area (Å²) in [5.74, 6) is 0.612. The number of hydrogen-bond donors (Lipinski definition) is 0. The number of rotatable bonds is 4. The van der Waals surface area contributed by atoms with Gasteiger partial charge >= 0.3 is 0 Å². The van der Waals surface area contributed by atoms with E-state index in [4.69, 9.17) is 4.74 Å². The van der Waals surface area contributed by atoms with Gasteiger partial charge in [0.05, 0.1) is 18.4 Å². The molecular weight excluding hydrogens is 364 g/mol. The summed E-state index contributed by atoms with van der Waals surface area (Å²) in [5, 5.41) is 0. The van der Waals surface area contributed by atoms with Gasteiger partial charge in [-0.2, -0.15) is 0 Å². The first kappa shape index (κ1) is 19.8. The van der Waals surface area contributed by atoms with Gasteiger partial charge in [0, 0.05) is 49.6 Å². The van der Waals surface area contributed by atoms with E-state index in [0.29, 0.717) is 11.4 Å². The third-order valence-electron chi connectivity index (χ3n) is 6.21. The average molecular weight is 395 g/mol. The Labute approximate surface area is 172 Å². The maximum absolute atomic E-state index is 13.1. The van der Waals surface area contributed by atoms with Crippen LogP contribution in [0.3, 0.4) is 0 Å². The first-order valence-corrected chi connectivity index (χ1v) is 10.5. The van der Waals surface area contributed by atoms with Crippen LogP contribution in [-0.2, 0) is 6.54 Å². The van der Waals surface area contributed by atoms with Crippen LogP contribution >= 0.6 is 0 Å². The summed E-state index contributed by atoms with van der Waals surface area (Å²) in [4.78, 5) is 26.5. The summed E-state index contributed by atoms with van der Waals surface area (Å²) in [7, 11) is 1.58. The van der Waals surface area contributed by atoms with E-state index in [-0.39, 0.29) is 11.3 Å². The predicted octanol–water partition coefficient (Wildman–Crippen LogP) is 3.31. The van der Waals surface area contributed by atoms with E-state index in [2.05, 4.69) is 27.0 Å². The molecule has 1 atom stereocenters. The number of ether oxygens (including phenoxy) is 1. The monoisotopic (exact) mass is 394 g/mol. The van der Waals surface area contributed by atoms with E-state index in [1.807, 2.05) is 24.0 Å². The van der Waals surface area contributed by atoms with Crippen molar-refractivity contribution in [2.24, 2.45) is 5.41 Å². The van der Waals surface area contributed by atoms with Crippen molar-refractivity contribution in [2.75, 3.05) is 33.3 Å². The summed E-state index contributed by atoms with van der Waals surface area (Å²) in [6.45, 7) is 6.72. The topological polar surface area (TPSA) is 58.6 Å². The molecule has 0 bridgehead atoms. The number of pyridine rings is 2. The molecule has 6 heteroatoms. The molecule has 2 aromatic rings. The lowest BCUT2D eigenvalue weighted by atomic mass is 9.73. The zero-order chi connectivity index (χ0) is 20.3. The molecule has 1 spiro atoms. The van der Waals surface area contributed by atoms with Crippen LogP contribution in [-0.4, -0.2) is 59.0 Å². The van der Waals surface area contributed by atoms with Gasteiger partial charge in [-0.25, -0.2) is 4.98 Å². The largest absolute Gasteiger partial charge is 0.481 e. The highest BCUT2D eigenvalue weighted by Gasteiger charge is 2.40. The van der Waals surface area contributed by atoms with Crippen LogP contribution < -0.4 is 4.74 Å². The lowest BCUT2D eigenvalue weighted by Crippen LogP contribution is -2.53. The Hall–Kier alpha value is -2.47. The van der Waals surface area contributed by atoms with Crippen molar-refractivity contribution in [3.05, 3.63) is 53.5 Å². The van der Waals surface area contributed by atoms with Gasteiger partial charge in [0.15, 0.2) is 0 Å². The molecule has 1 amide bonds. The minimum Gasteiger partial charge on any atom is -0.481 e. The molecule has 154 valence electrons. The van der Waals surface area contributed by atoms with Crippen molar-refractivity contribution in [3.8, 4) is 5.88 Å². The Balaban J connectivity index is 1.43. The highest BCUT2D eigenvalue weighted by molar-refractivity contribution is 5.94. The molecular formula is C23H30N4O2. The predicted molar refractivity (Wildman–Crippen MR) is 112 cm³/mol. The van der Waals surface area contributed by atoms with E-state index in [1.54, 1.807) is 19.4 Å². The van der Waals surface area contributed by atoms with Crippen LogP contribution in [0.1, 0.15) is 47.4 Å². The highest BCUT2D eigenvalue weighted by atomic mass is 16.5. The molecule has 4 rings (SSSR count). The van der Waals surface area contributed by atoms with Gasteiger partial charge < -0.3 is 9.64 Å². The Kier molecular flexibility index (Phi) is 5.81. The standard InChI is InChI=1S/C23H30N4O2/c1-18-6-3-7-20(25-18)15-26-12-4-10-23(16-26)11-5-13-27(17-23)22(28)19-8-9-21(29-2)24-14-19/h3,6-9,14H,4-5,10-13,15-17H2,1-2H3. The maximum atomic E-state index is 13.1. The van der Waals surface area contributed by atoms with Crippen LogP contribution in [0.2, 0.25) is 0 Å². The molecule has 6 nitrogen and oxygen atoms in total. The number of nitrogens with zero attached hydrogens (tertiary/aromatic N) is 4. The average Bonchev–Trinajstić information content (AvgIpc) is 2.73. The lowest BCUT2D eigenvalue weighted by molar-refractivity contribution is 0.0110. The van der Waals surface area contributed by atoms with E-state index < -0.39 is 0 Å². The Morgan fingerprint density at radius 2 is 1.97 bits per heavy atom. The number of aryl methyl sites for hydroxylation is 1. The van der Waals surface area contributed by atoms with Gasteiger partial charge in [-0.3, -0.25) is 14.7 Å². The fourth-order valence-electron chi connectivity index (χ4n) is 4.89. The molecule has 1 unspecified atom stereocenters. The maximum Gasteiger partial charge on any atom is 0.255 e. The van der Waals surface area contributed by atoms with Crippen molar-refractivity contribution in [3.63, 3.8) is 0 Å². The minimum absolute atomic E-state index is 0.0803. The number of likely N-dealkylation sites (tertiary alicyclic amines) is 2. The van der Waals surface area contributed by atoms with Gasteiger partial charge in [-0.05, 0) is 57.4 Å². The van der Waals surface area contributed by atoms with Crippen LogP contribution in [0.25, 0.3) is 0 Å². The fraction of sp³-hybridized carbons (Fsp3) is 0.522. The molecule has 0 radical (unpaired) electrons. The SMILES string of the molecule is COc1ccc(C(=O)N2CCCC3(CCCN(Cc4cccc(C)n4)C3)C2)cn1.